The van der Waals surface area contributed by atoms with Gasteiger partial charge < -0.3 is 9.73 Å². The summed E-state index contributed by atoms with van der Waals surface area (Å²) in [6.45, 7) is 4.75. The normalized spacial score (nSPS) is 12.6. The van der Waals surface area contributed by atoms with Crippen LogP contribution in [0.25, 0.3) is 0 Å². The molecule has 2 aromatic rings. The summed E-state index contributed by atoms with van der Waals surface area (Å²) in [5.41, 5.74) is 0.695. The maximum atomic E-state index is 13.6. The lowest BCUT2D eigenvalue weighted by atomic mass is 10.0. The molecule has 0 saturated heterocycles. The van der Waals surface area contributed by atoms with Crippen LogP contribution in [0.15, 0.2) is 34.7 Å². The highest BCUT2D eigenvalue weighted by atomic mass is 35.5. The highest BCUT2D eigenvalue weighted by molar-refractivity contribution is 6.31. The van der Waals surface area contributed by atoms with Gasteiger partial charge in [-0.25, -0.2) is 4.39 Å². The average molecular weight is 282 g/mol. The molecule has 0 aliphatic rings. The van der Waals surface area contributed by atoms with Crippen LogP contribution in [0.1, 0.15) is 37.0 Å². The quantitative estimate of drug-likeness (QED) is 0.882. The molecule has 1 heterocycles. The second-order valence-corrected chi connectivity index (χ2v) is 4.67. The number of benzene rings is 1. The van der Waals surface area contributed by atoms with Crippen molar-refractivity contribution in [2.75, 3.05) is 6.54 Å². The Kier molecular flexibility index (Phi) is 4.61. The van der Waals surface area contributed by atoms with Gasteiger partial charge in [-0.15, -0.1) is 0 Å². The molecule has 0 amide bonds. The van der Waals surface area contributed by atoms with Crippen LogP contribution in [0.5, 0.6) is 0 Å². The van der Waals surface area contributed by atoms with Crippen LogP contribution in [0.2, 0.25) is 5.02 Å². The highest BCUT2D eigenvalue weighted by Gasteiger charge is 2.20. The van der Waals surface area contributed by atoms with Gasteiger partial charge >= 0.3 is 0 Å². The number of aryl methyl sites for hydroxylation is 1. The monoisotopic (exact) mass is 281 g/mol. The molecule has 0 aliphatic heterocycles. The topological polar surface area (TPSA) is 25.2 Å². The van der Waals surface area contributed by atoms with E-state index in [9.17, 15) is 4.39 Å². The molecule has 0 saturated carbocycles. The summed E-state index contributed by atoms with van der Waals surface area (Å²) in [6, 6.07) is 8.44. The van der Waals surface area contributed by atoms with E-state index in [0.717, 1.165) is 24.5 Å². The van der Waals surface area contributed by atoms with E-state index in [1.165, 1.54) is 6.07 Å². The molecule has 2 nitrogen and oxygen atoms in total. The standard InChI is InChI=1S/C15H17ClFNO/c1-3-10-8-9-13(19-10)15(18-4-2)11-6-5-7-12(17)14(11)16/h5-9,15,18H,3-4H2,1-2H3. The summed E-state index contributed by atoms with van der Waals surface area (Å²) in [5, 5.41) is 3.42. The van der Waals surface area contributed by atoms with Crippen molar-refractivity contribution < 1.29 is 8.81 Å². The van der Waals surface area contributed by atoms with Crippen LogP contribution in [-0.2, 0) is 6.42 Å². The fourth-order valence-electron chi connectivity index (χ4n) is 2.05. The maximum Gasteiger partial charge on any atom is 0.142 e. The third-order valence-electron chi connectivity index (χ3n) is 3.02. The molecule has 0 fully saturated rings. The van der Waals surface area contributed by atoms with E-state index in [2.05, 4.69) is 5.32 Å². The molecule has 0 aliphatic carbocycles. The first kappa shape index (κ1) is 14.1. The van der Waals surface area contributed by atoms with Crippen LogP contribution < -0.4 is 5.32 Å². The lowest BCUT2D eigenvalue weighted by Gasteiger charge is -2.17. The second kappa shape index (κ2) is 6.22. The first-order valence-electron chi connectivity index (χ1n) is 6.43. The van der Waals surface area contributed by atoms with E-state index in [4.69, 9.17) is 16.0 Å². The van der Waals surface area contributed by atoms with Crippen molar-refractivity contribution >= 4 is 11.6 Å². The zero-order chi connectivity index (χ0) is 13.8. The summed E-state index contributed by atoms with van der Waals surface area (Å²) >= 11 is 6.06. The second-order valence-electron chi connectivity index (χ2n) is 4.29. The number of halogens is 2. The van der Waals surface area contributed by atoms with Crippen LogP contribution in [0.4, 0.5) is 4.39 Å². The average Bonchev–Trinajstić information content (AvgIpc) is 2.88. The van der Waals surface area contributed by atoms with Gasteiger partial charge in [0.1, 0.15) is 17.3 Å². The van der Waals surface area contributed by atoms with Crippen molar-refractivity contribution in [3.63, 3.8) is 0 Å². The van der Waals surface area contributed by atoms with E-state index >= 15 is 0 Å². The molecule has 1 aromatic carbocycles. The predicted octanol–water partition coefficient (Wildman–Crippen LogP) is 4.33. The van der Waals surface area contributed by atoms with Crippen molar-refractivity contribution in [2.45, 2.75) is 26.3 Å². The van der Waals surface area contributed by atoms with Gasteiger partial charge in [0.2, 0.25) is 0 Å². The number of hydrogen-bond acceptors (Lipinski definition) is 2. The van der Waals surface area contributed by atoms with Gasteiger partial charge in [0, 0.05) is 6.42 Å². The zero-order valence-corrected chi connectivity index (χ0v) is 11.8. The van der Waals surface area contributed by atoms with Crippen molar-refractivity contribution in [3.05, 3.63) is 58.3 Å². The molecule has 0 bridgehead atoms. The Morgan fingerprint density at radius 3 is 2.68 bits per heavy atom. The van der Waals surface area contributed by atoms with Crippen molar-refractivity contribution in [1.82, 2.24) is 5.32 Å². The zero-order valence-electron chi connectivity index (χ0n) is 11.0. The minimum Gasteiger partial charge on any atom is -0.464 e. The maximum absolute atomic E-state index is 13.6. The molecule has 2 rings (SSSR count). The first-order chi connectivity index (χ1) is 9.17. The number of furan rings is 1. The van der Waals surface area contributed by atoms with Gasteiger partial charge in [0.05, 0.1) is 11.1 Å². The van der Waals surface area contributed by atoms with Gasteiger partial charge in [-0.1, -0.05) is 37.6 Å². The molecule has 0 spiro atoms. The Labute approximate surface area is 117 Å². The largest absolute Gasteiger partial charge is 0.464 e. The van der Waals surface area contributed by atoms with E-state index < -0.39 is 5.82 Å². The summed E-state index contributed by atoms with van der Waals surface area (Å²) in [7, 11) is 0. The third kappa shape index (κ3) is 2.99. The van der Waals surface area contributed by atoms with Crippen LogP contribution in [-0.4, -0.2) is 6.54 Å². The highest BCUT2D eigenvalue weighted by Crippen LogP contribution is 2.31. The molecule has 102 valence electrons. The van der Waals surface area contributed by atoms with Crippen LogP contribution >= 0.6 is 11.6 Å². The lowest BCUT2D eigenvalue weighted by Crippen LogP contribution is -2.22. The number of nitrogens with one attached hydrogen (secondary N) is 1. The smallest absolute Gasteiger partial charge is 0.142 e. The van der Waals surface area contributed by atoms with Crippen LogP contribution in [0.3, 0.4) is 0 Å². The van der Waals surface area contributed by atoms with Crippen LogP contribution in [0, 0.1) is 5.82 Å². The Morgan fingerprint density at radius 1 is 1.26 bits per heavy atom. The molecule has 1 aromatic heterocycles. The molecular formula is C15H17ClFNO. The predicted molar refractivity (Wildman–Crippen MR) is 75.0 cm³/mol. The molecule has 4 heteroatoms. The lowest BCUT2D eigenvalue weighted by molar-refractivity contribution is 0.425. The number of hydrogen-bond donors (Lipinski definition) is 1. The summed E-state index contributed by atoms with van der Waals surface area (Å²) in [6.07, 6.45) is 0.829. The fourth-order valence-corrected chi connectivity index (χ4v) is 2.29. The van der Waals surface area contributed by atoms with E-state index in [-0.39, 0.29) is 11.1 Å². The first-order valence-corrected chi connectivity index (χ1v) is 6.81. The minimum absolute atomic E-state index is 0.142. The number of rotatable bonds is 5. The summed E-state index contributed by atoms with van der Waals surface area (Å²) in [5.74, 6) is 1.25. The fraction of sp³-hybridized carbons (Fsp3) is 0.333. The molecule has 1 unspecified atom stereocenters. The Bertz CT molecular complexity index is 553. The molecule has 19 heavy (non-hydrogen) atoms. The Hall–Kier alpha value is -1.32. The molecule has 0 radical (unpaired) electrons. The van der Waals surface area contributed by atoms with Crippen molar-refractivity contribution in [3.8, 4) is 0 Å². The van der Waals surface area contributed by atoms with Gasteiger partial charge in [0.15, 0.2) is 0 Å². The van der Waals surface area contributed by atoms with E-state index in [1.807, 2.05) is 32.0 Å². The molecular weight excluding hydrogens is 265 g/mol. The summed E-state index contributed by atoms with van der Waals surface area (Å²) < 4.78 is 19.3. The van der Waals surface area contributed by atoms with Gasteiger partial charge in [-0.2, -0.15) is 0 Å². The Morgan fingerprint density at radius 2 is 2.05 bits per heavy atom. The Balaban J connectivity index is 2.42. The third-order valence-corrected chi connectivity index (χ3v) is 3.41. The van der Waals surface area contributed by atoms with Crippen molar-refractivity contribution in [1.29, 1.82) is 0 Å². The summed E-state index contributed by atoms with van der Waals surface area (Å²) in [4.78, 5) is 0. The van der Waals surface area contributed by atoms with Gasteiger partial charge in [-0.3, -0.25) is 0 Å². The van der Waals surface area contributed by atoms with Gasteiger partial charge in [-0.05, 0) is 30.3 Å². The van der Waals surface area contributed by atoms with E-state index in [0.29, 0.717) is 5.56 Å². The van der Waals surface area contributed by atoms with E-state index in [1.54, 1.807) is 6.07 Å². The SMILES string of the molecule is CCNC(c1ccc(CC)o1)c1cccc(F)c1Cl. The minimum atomic E-state index is -0.413. The molecule has 1 N–H and O–H groups in total. The molecule has 1 atom stereocenters. The van der Waals surface area contributed by atoms with Crippen molar-refractivity contribution in [2.24, 2.45) is 0 Å². The van der Waals surface area contributed by atoms with Gasteiger partial charge in [0.25, 0.3) is 0 Å².